The van der Waals surface area contributed by atoms with Gasteiger partial charge in [-0.25, -0.2) is 4.79 Å². The van der Waals surface area contributed by atoms with Gasteiger partial charge < -0.3 is 15.8 Å². The summed E-state index contributed by atoms with van der Waals surface area (Å²) in [6.45, 7) is 0.626. The lowest BCUT2D eigenvalue weighted by Gasteiger charge is -2.20. The van der Waals surface area contributed by atoms with Gasteiger partial charge in [-0.1, -0.05) is 12.8 Å². The first-order chi connectivity index (χ1) is 7.79. The van der Waals surface area contributed by atoms with Gasteiger partial charge >= 0.3 is 6.09 Å². The minimum absolute atomic E-state index is 0.0476. The van der Waals surface area contributed by atoms with E-state index in [9.17, 15) is 4.79 Å². The maximum Gasteiger partial charge on any atom is 0.407 e. The molecule has 4 heteroatoms. The fourth-order valence-corrected chi connectivity index (χ4v) is 2.84. The zero-order valence-electron chi connectivity index (χ0n) is 9.78. The molecule has 2 unspecified atom stereocenters. The van der Waals surface area contributed by atoms with E-state index in [1.807, 2.05) is 0 Å². The Bertz CT molecular complexity index is 239. The van der Waals surface area contributed by atoms with Gasteiger partial charge in [-0.3, -0.25) is 0 Å². The topological polar surface area (TPSA) is 64.3 Å². The molecule has 0 aromatic carbocycles. The maximum absolute atomic E-state index is 11.6. The Kier molecular flexibility index (Phi) is 4.04. The Morgan fingerprint density at radius 2 is 1.94 bits per heavy atom. The molecule has 2 aliphatic rings. The number of hydrogen-bond donors (Lipinski definition) is 2. The first kappa shape index (κ1) is 11.7. The predicted molar refractivity (Wildman–Crippen MR) is 62.1 cm³/mol. The van der Waals surface area contributed by atoms with Crippen LogP contribution in [0.1, 0.15) is 44.9 Å². The van der Waals surface area contributed by atoms with Crippen molar-refractivity contribution in [3.8, 4) is 0 Å². The van der Waals surface area contributed by atoms with E-state index in [1.165, 1.54) is 12.8 Å². The minimum Gasteiger partial charge on any atom is -0.446 e. The molecule has 2 atom stereocenters. The van der Waals surface area contributed by atoms with Crippen LogP contribution in [-0.4, -0.2) is 24.8 Å². The van der Waals surface area contributed by atoms with Crippen LogP contribution in [0.5, 0.6) is 0 Å². The molecular formula is C12H22N2O2. The summed E-state index contributed by atoms with van der Waals surface area (Å²) in [6.07, 6.45) is 7.64. The van der Waals surface area contributed by atoms with Crippen LogP contribution in [0.3, 0.4) is 0 Å². The second-order valence-electron chi connectivity index (χ2n) is 5.00. The van der Waals surface area contributed by atoms with Crippen molar-refractivity contribution in [2.24, 2.45) is 11.7 Å². The molecule has 4 nitrogen and oxygen atoms in total. The summed E-state index contributed by atoms with van der Waals surface area (Å²) < 4.78 is 5.45. The van der Waals surface area contributed by atoms with Gasteiger partial charge in [-0.05, 0) is 38.6 Å². The van der Waals surface area contributed by atoms with Crippen molar-refractivity contribution in [2.75, 3.05) is 6.54 Å². The van der Waals surface area contributed by atoms with Gasteiger partial charge in [0.05, 0.1) is 0 Å². The van der Waals surface area contributed by atoms with Crippen LogP contribution in [-0.2, 0) is 4.74 Å². The van der Waals surface area contributed by atoms with Crippen LogP contribution >= 0.6 is 0 Å². The highest BCUT2D eigenvalue weighted by atomic mass is 16.6. The molecule has 2 saturated carbocycles. The molecule has 2 fully saturated rings. The average molecular weight is 226 g/mol. The van der Waals surface area contributed by atoms with Gasteiger partial charge in [-0.15, -0.1) is 0 Å². The molecule has 2 rings (SSSR count). The van der Waals surface area contributed by atoms with Crippen molar-refractivity contribution in [2.45, 2.75) is 57.1 Å². The summed E-state index contributed by atoms with van der Waals surface area (Å²) in [5, 5.41) is 2.95. The molecule has 2 aliphatic carbocycles. The van der Waals surface area contributed by atoms with Crippen LogP contribution in [0.25, 0.3) is 0 Å². The highest BCUT2D eigenvalue weighted by molar-refractivity contribution is 5.67. The second kappa shape index (κ2) is 5.53. The first-order valence-electron chi connectivity index (χ1n) is 6.47. The van der Waals surface area contributed by atoms with Crippen LogP contribution in [0, 0.1) is 5.92 Å². The fraction of sp³-hybridized carbons (Fsp3) is 0.917. The number of carbonyl (C=O) groups excluding carboxylic acids is 1. The number of ether oxygens (including phenoxy) is 1. The second-order valence-corrected chi connectivity index (χ2v) is 5.00. The molecule has 1 amide bonds. The third-order valence-corrected chi connectivity index (χ3v) is 3.83. The van der Waals surface area contributed by atoms with E-state index in [-0.39, 0.29) is 12.2 Å². The van der Waals surface area contributed by atoms with Crippen molar-refractivity contribution in [1.82, 2.24) is 5.32 Å². The highest BCUT2D eigenvalue weighted by Gasteiger charge is 2.30. The summed E-state index contributed by atoms with van der Waals surface area (Å²) in [5.74, 6) is 0.370. The summed E-state index contributed by atoms with van der Waals surface area (Å²) in [4.78, 5) is 11.6. The Hall–Kier alpha value is -0.770. The lowest BCUT2D eigenvalue weighted by atomic mass is 10.1. The van der Waals surface area contributed by atoms with Crippen molar-refractivity contribution in [1.29, 1.82) is 0 Å². The number of nitrogens with one attached hydrogen (secondary N) is 1. The molecule has 0 heterocycles. The number of carbonyl (C=O) groups is 1. The van der Waals surface area contributed by atoms with Crippen LogP contribution in [0.2, 0.25) is 0 Å². The molecule has 16 heavy (non-hydrogen) atoms. The van der Waals surface area contributed by atoms with E-state index in [0.29, 0.717) is 18.5 Å². The van der Waals surface area contributed by atoms with Crippen molar-refractivity contribution in [3.05, 3.63) is 0 Å². The Morgan fingerprint density at radius 3 is 2.62 bits per heavy atom. The Labute approximate surface area is 96.9 Å². The summed E-state index contributed by atoms with van der Waals surface area (Å²) in [7, 11) is 0. The average Bonchev–Trinajstić information content (AvgIpc) is 2.88. The van der Waals surface area contributed by atoms with E-state index in [2.05, 4.69) is 5.32 Å². The van der Waals surface area contributed by atoms with Gasteiger partial charge in [0.15, 0.2) is 0 Å². The van der Waals surface area contributed by atoms with Crippen LogP contribution in [0.15, 0.2) is 0 Å². The first-order valence-corrected chi connectivity index (χ1v) is 6.47. The number of hydrogen-bond acceptors (Lipinski definition) is 3. The predicted octanol–water partition coefficient (Wildman–Crippen LogP) is 1.78. The zero-order chi connectivity index (χ0) is 11.4. The third kappa shape index (κ3) is 2.88. The van der Waals surface area contributed by atoms with Gasteiger partial charge in [0.2, 0.25) is 0 Å². The van der Waals surface area contributed by atoms with Crippen molar-refractivity contribution in [3.63, 3.8) is 0 Å². The van der Waals surface area contributed by atoms with Crippen LogP contribution in [0.4, 0.5) is 4.79 Å². The largest absolute Gasteiger partial charge is 0.446 e. The van der Waals surface area contributed by atoms with Gasteiger partial charge in [0, 0.05) is 12.0 Å². The fourth-order valence-electron chi connectivity index (χ4n) is 2.84. The van der Waals surface area contributed by atoms with Crippen LogP contribution < -0.4 is 11.1 Å². The molecule has 92 valence electrons. The third-order valence-electron chi connectivity index (χ3n) is 3.83. The standard InChI is InChI=1S/C12H22N2O2/c13-8-9-4-3-7-11(9)16-12(15)14-10-5-1-2-6-10/h9-11H,1-8,13H2,(H,14,15). The molecule has 0 aromatic heterocycles. The van der Waals surface area contributed by atoms with Gasteiger partial charge in [0.25, 0.3) is 0 Å². The number of rotatable bonds is 3. The number of nitrogens with two attached hydrogens (primary N) is 1. The van der Waals surface area contributed by atoms with E-state index in [1.54, 1.807) is 0 Å². The van der Waals surface area contributed by atoms with Crippen molar-refractivity contribution < 1.29 is 9.53 Å². The van der Waals surface area contributed by atoms with Crippen molar-refractivity contribution >= 4 is 6.09 Å². The normalized spacial score (nSPS) is 30.6. The number of alkyl carbamates (subject to hydrolysis) is 1. The van der Waals surface area contributed by atoms with E-state index in [4.69, 9.17) is 10.5 Å². The smallest absolute Gasteiger partial charge is 0.407 e. The van der Waals surface area contributed by atoms with E-state index < -0.39 is 0 Å². The quantitative estimate of drug-likeness (QED) is 0.771. The maximum atomic E-state index is 11.6. The summed E-state index contributed by atoms with van der Waals surface area (Å²) >= 11 is 0. The molecule has 0 spiro atoms. The van der Waals surface area contributed by atoms with Gasteiger partial charge in [-0.2, -0.15) is 0 Å². The summed E-state index contributed by atoms with van der Waals surface area (Å²) in [6, 6.07) is 0.338. The van der Waals surface area contributed by atoms with E-state index >= 15 is 0 Å². The molecular weight excluding hydrogens is 204 g/mol. The Morgan fingerprint density at radius 1 is 1.19 bits per heavy atom. The Balaban J connectivity index is 1.73. The highest BCUT2D eigenvalue weighted by Crippen LogP contribution is 2.27. The summed E-state index contributed by atoms with van der Waals surface area (Å²) in [5.41, 5.74) is 5.65. The zero-order valence-corrected chi connectivity index (χ0v) is 9.78. The van der Waals surface area contributed by atoms with Gasteiger partial charge in [0.1, 0.15) is 6.10 Å². The lowest BCUT2D eigenvalue weighted by molar-refractivity contribution is 0.0752. The molecule has 0 aliphatic heterocycles. The van der Waals surface area contributed by atoms with E-state index in [0.717, 1.165) is 32.1 Å². The molecule has 0 radical (unpaired) electrons. The molecule has 0 saturated heterocycles. The molecule has 0 aromatic rings. The number of amides is 1. The monoisotopic (exact) mass is 226 g/mol. The SMILES string of the molecule is NCC1CCCC1OC(=O)NC1CCCC1. The lowest BCUT2D eigenvalue weighted by Crippen LogP contribution is -2.37. The molecule has 0 bridgehead atoms. The molecule has 3 N–H and O–H groups in total. The minimum atomic E-state index is -0.239.